The van der Waals surface area contributed by atoms with Gasteiger partial charge in [0, 0.05) is 5.56 Å². The first-order valence-corrected chi connectivity index (χ1v) is 15.2. The Morgan fingerprint density at radius 1 is 0.897 bits per heavy atom. The second-order valence-corrected chi connectivity index (χ2v) is 12.1. The minimum atomic E-state index is -1.68. The number of rotatable bonds is 4. The van der Waals surface area contributed by atoms with Crippen molar-refractivity contribution in [2.45, 2.75) is 50.5 Å². The molecule has 3 nitrogen and oxygen atoms in total. The van der Waals surface area contributed by atoms with Gasteiger partial charge in [0.2, 0.25) is 0 Å². The van der Waals surface area contributed by atoms with Crippen LogP contribution in [-0.4, -0.2) is 5.60 Å². The Hall–Kier alpha value is -3.39. The van der Waals surface area contributed by atoms with Gasteiger partial charge in [0.1, 0.15) is 17.1 Å². The van der Waals surface area contributed by atoms with E-state index in [1.54, 1.807) is 5.57 Å². The highest BCUT2D eigenvalue weighted by Crippen LogP contribution is 2.60. The Bertz CT molecular complexity index is 1550. The SMILES string of the molecule is C[C@@]1(OP2OC3=CC=C4CCCCC4C3c3c(ccc4ccccc34)O2)CC=CC=C1/C=C/c1ccccc1. The lowest BCUT2D eigenvalue weighted by Gasteiger charge is -2.36. The Morgan fingerprint density at radius 3 is 2.69 bits per heavy atom. The summed E-state index contributed by atoms with van der Waals surface area (Å²) in [6.07, 6.45) is 20.8. The monoisotopic (exact) mass is 532 g/mol. The molecule has 0 aromatic heterocycles. The van der Waals surface area contributed by atoms with Gasteiger partial charge < -0.3 is 9.05 Å². The van der Waals surface area contributed by atoms with Crippen molar-refractivity contribution in [1.29, 1.82) is 0 Å². The van der Waals surface area contributed by atoms with Gasteiger partial charge in [-0.15, -0.1) is 0 Å². The van der Waals surface area contributed by atoms with E-state index in [0.29, 0.717) is 5.92 Å². The van der Waals surface area contributed by atoms with Crippen LogP contribution in [0.2, 0.25) is 0 Å². The molecule has 7 rings (SSSR count). The fraction of sp³-hybridized carbons (Fsp3) is 0.257. The number of hydrogen-bond donors (Lipinski definition) is 0. The average Bonchev–Trinajstić information content (AvgIpc) is 3.13. The molecule has 39 heavy (non-hydrogen) atoms. The Labute approximate surface area is 232 Å². The summed E-state index contributed by atoms with van der Waals surface area (Å²) in [5, 5.41) is 2.48. The third-order valence-corrected chi connectivity index (χ3v) is 9.79. The molecule has 0 spiro atoms. The zero-order valence-corrected chi connectivity index (χ0v) is 23.1. The van der Waals surface area contributed by atoms with Crippen molar-refractivity contribution >= 4 is 25.5 Å². The fourth-order valence-corrected chi connectivity index (χ4v) is 7.75. The van der Waals surface area contributed by atoms with Crippen LogP contribution < -0.4 is 4.52 Å². The summed E-state index contributed by atoms with van der Waals surface area (Å²) < 4.78 is 20.3. The molecule has 0 amide bonds. The molecule has 196 valence electrons. The van der Waals surface area contributed by atoms with Gasteiger partial charge in [-0.1, -0.05) is 109 Å². The molecule has 1 fully saturated rings. The lowest BCUT2D eigenvalue weighted by atomic mass is 9.69. The van der Waals surface area contributed by atoms with Crippen molar-refractivity contribution in [3.63, 3.8) is 0 Å². The summed E-state index contributed by atoms with van der Waals surface area (Å²) >= 11 is 0. The quantitative estimate of drug-likeness (QED) is 0.313. The van der Waals surface area contributed by atoms with Crippen molar-refractivity contribution < 1.29 is 13.6 Å². The number of allylic oxidation sites excluding steroid dienone is 6. The maximum Gasteiger partial charge on any atom is 0.463 e. The van der Waals surface area contributed by atoms with Gasteiger partial charge in [0.05, 0.1) is 5.92 Å². The lowest BCUT2D eigenvalue weighted by molar-refractivity contribution is 0.107. The summed E-state index contributed by atoms with van der Waals surface area (Å²) in [5.41, 5.74) is 4.50. The maximum absolute atomic E-state index is 6.84. The van der Waals surface area contributed by atoms with E-state index in [4.69, 9.17) is 13.6 Å². The molecule has 1 heterocycles. The van der Waals surface area contributed by atoms with Crippen LogP contribution in [0.25, 0.3) is 16.8 Å². The maximum atomic E-state index is 6.84. The van der Waals surface area contributed by atoms with E-state index < -0.39 is 14.2 Å². The van der Waals surface area contributed by atoms with Gasteiger partial charge >= 0.3 is 8.60 Å². The second-order valence-electron chi connectivity index (χ2n) is 11.1. The van der Waals surface area contributed by atoms with E-state index in [2.05, 4.69) is 110 Å². The van der Waals surface area contributed by atoms with E-state index >= 15 is 0 Å². The molecule has 1 saturated carbocycles. The molecule has 0 radical (unpaired) electrons. The van der Waals surface area contributed by atoms with Gasteiger partial charge in [0.15, 0.2) is 0 Å². The fourth-order valence-electron chi connectivity index (χ4n) is 6.47. The smallest absolute Gasteiger partial charge is 0.422 e. The van der Waals surface area contributed by atoms with Crippen molar-refractivity contribution in [2.24, 2.45) is 5.92 Å². The number of hydrogen-bond acceptors (Lipinski definition) is 3. The van der Waals surface area contributed by atoms with Gasteiger partial charge in [0.25, 0.3) is 0 Å². The molecule has 4 aliphatic rings. The van der Waals surface area contributed by atoms with Crippen molar-refractivity contribution in [3.8, 4) is 5.75 Å². The van der Waals surface area contributed by atoms with Crippen LogP contribution in [0.3, 0.4) is 0 Å². The van der Waals surface area contributed by atoms with E-state index in [1.807, 2.05) is 6.07 Å². The molecule has 0 bridgehead atoms. The van der Waals surface area contributed by atoms with Gasteiger partial charge in [-0.05, 0) is 72.6 Å². The highest BCUT2D eigenvalue weighted by Gasteiger charge is 2.44. The first-order valence-electron chi connectivity index (χ1n) is 14.1. The third kappa shape index (κ3) is 4.69. The first-order chi connectivity index (χ1) is 19.2. The standard InChI is InChI=1S/C35H33O3P/c1-35(24-10-9-15-28(35)21-18-25-11-3-2-4-12-25)38-39-36-31-22-19-26-13-5-7-16-29(26)33(31)34-30-17-8-6-14-27(30)20-23-32(34)37-39/h2-5,7,9-13,15-16,18-23,30,34H,6,8,14,17,24H2,1H3/b21-18+/t30?,34?,35-,39?/m1/s1. The van der Waals surface area contributed by atoms with E-state index in [9.17, 15) is 0 Å². The van der Waals surface area contributed by atoms with Crippen LogP contribution >= 0.6 is 8.60 Å². The molecule has 3 aliphatic carbocycles. The molecule has 3 aromatic carbocycles. The van der Waals surface area contributed by atoms with Crippen LogP contribution in [0.15, 0.2) is 120 Å². The van der Waals surface area contributed by atoms with E-state index in [-0.39, 0.29) is 5.92 Å². The van der Waals surface area contributed by atoms with Crippen molar-refractivity contribution in [2.75, 3.05) is 0 Å². The van der Waals surface area contributed by atoms with Crippen LogP contribution in [0.4, 0.5) is 0 Å². The summed E-state index contributed by atoms with van der Waals surface area (Å²) in [4.78, 5) is 0. The summed E-state index contributed by atoms with van der Waals surface area (Å²) in [6.45, 7) is 2.14. The minimum Gasteiger partial charge on any atom is -0.422 e. The molecule has 4 atom stereocenters. The normalized spacial score (nSPS) is 27.7. The van der Waals surface area contributed by atoms with Crippen LogP contribution in [0.5, 0.6) is 5.75 Å². The summed E-state index contributed by atoms with van der Waals surface area (Å²) in [5.74, 6) is 2.46. The molecule has 1 aliphatic heterocycles. The van der Waals surface area contributed by atoms with Gasteiger partial charge in [-0.25, -0.2) is 0 Å². The number of benzene rings is 3. The molecule has 3 unspecified atom stereocenters. The lowest BCUT2D eigenvalue weighted by Crippen LogP contribution is -2.30. The van der Waals surface area contributed by atoms with Crippen molar-refractivity contribution in [1.82, 2.24) is 0 Å². The zero-order valence-electron chi connectivity index (χ0n) is 22.3. The highest BCUT2D eigenvalue weighted by molar-refractivity contribution is 7.42. The Morgan fingerprint density at radius 2 is 1.77 bits per heavy atom. The Kier molecular flexibility index (Phi) is 6.51. The topological polar surface area (TPSA) is 27.7 Å². The zero-order chi connectivity index (χ0) is 26.2. The molecule has 4 heteroatoms. The highest BCUT2D eigenvalue weighted by atomic mass is 31.2. The average molecular weight is 533 g/mol. The molecule has 3 aromatic rings. The van der Waals surface area contributed by atoms with Crippen molar-refractivity contribution in [3.05, 3.63) is 131 Å². The third-order valence-electron chi connectivity index (χ3n) is 8.53. The summed E-state index contributed by atoms with van der Waals surface area (Å²) in [6, 6.07) is 23.3. The van der Waals surface area contributed by atoms with Crippen LogP contribution in [0.1, 0.15) is 56.1 Å². The first kappa shape index (κ1) is 24.6. The second kappa shape index (κ2) is 10.3. The molecule has 0 N–H and O–H groups in total. The Balaban J connectivity index is 1.26. The number of fused-ring (bicyclic) bond motifs is 7. The van der Waals surface area contributed by atoms with E-state index in [1.165, 1.54) is 42.0 Å². The van der Waals surface area contributed by atoms with Crippen LogP contribution in [0, 0.1) is 5.92 Å². The molecule has 0 saturated heterocycles. The summed E-state index contributed by atoms with van der Waals surface area (Å²) in [7, 11) is -1.68. The molecular weight excluding hydrogens is 499 g/mol. The van der Waals surface area contributed by atoms with Crippen LogP contribution in [-0.2, 0) is 9.05 Å². The van der Waals surface area contributed by atoms with E-state index in [0.717, 1.165) is 29.1 Å². The predicted molar refractivity (Wildman–Crippen MR) is 160 cm³/mol. The largest absolute Gasteiger partial charge is 0.463 e. The van der Waals surface area contributed by atoms with Gasteiger partial charge in [-0.3, -0.25) is 4.52 Å². The van der Waals surface area contributed by atoms with Gasteiger partial charge in [-0.2, -0.15) is 0 Å². The predicted octanol–water partition coefficient (Wildman–Crippen LogP) is 9.95. The minimum absolute atomic E-state index is 0.148. The molecular formula is C35H33O3P.